The fourth-order valence-corrected chi connectivity index (χ4v) is 2.33. The Balaban J connectivity index is 2.08. The van der Waals surface area contributed by atoms with E-state index in [0.29, 0.717) is 23.4 Å². The van der Waals surface area contributed by atoms with Crippen molar-refractivity contribution in [1.82, 2.24) is 5.32 Å². The molecule has 17 heavy (non-hydrogen) atoms. The zero-order valence-electron chi connectivity index (χ0n) is 8.93. The fourth-order valence-electron chi connectivity index (χ4n) is 2.33. The van der Waals surface area contributed by atoms with E-state index in [-0.39, 0.29) is 23.9 Å². The van der Waals surface area contributed by atoms with Crippen LogP contribution in [0.15, 0.2) is 12.1 Å². The van der Waals surface area contributed by atoms with Crippen molar-refractivity contribution in [3.8, 4) is 5.75 Å². The predicted molar refractivity (Wildman–Crippen MR) is 57.6 cm³/mol. The molecular formula is C11H10N2O4. The summed E-state index contributed by atoms with van der Waals surface area (Å²) in [5.74, 6) is 0.434. The van der Waals surface area contributed by atoms with Crippen molar-refractivity contribution in [2.24, 2.45) is 0 Å². The van der Waals surface area contributed by atoms with Gasteiger partial charge >= 0.3 is 0 Å². The van der Waals surface area contributed by atoms with Crippen LogP contribution in [0.4, 0.5) is 0 Å². The van der Waals surface area contributed by atoms with Gasteiger partial charge in [-0.15, -0.1) is 0 Å². The van der Waals surface area contributed by atoms with Crippen LogP contribution in [0.5, 0.6) is 5.75 Å². The Morgan fingerprint density at radius 2 is 2.29 bits per heavy atom. The molecule has 3 rings (SSSR count). The van der Waals surface area contributed by atoms with Crippen LogP contribution >= 0.6 is 0 Å². The zero-order chi connectivity index (χ0) is 12.0. The first-order valence-corrected chi connectivity index (χ1v) is 5.36. The third kappa shape index (κ3) is 1.44. The minimum atomic E-state index is -0.762. The van der Waals surface area contributed by atoms with E-state index in [1.165, 1.54) is 0 Å². The number of fused-ring (bicyclic) bond motifs is 3. The number of nitro groups is 1. The average molecular weight is 234 g/mol. The molecule has 1 aromatic rings. The first kappa shape index (κ1) is 10.1. The van der Waals surface area contributed by atoms with Gasteiger partial charge in [0.05, 0.1) is 5.56 Å². The van der Waals surface area contributed by atoms with E-state index in [4.69, 9.17) is 4.74 Å². The Morgan fingerprint density at radius 1 is 1.47 bits per heavy atom. The summed E-state index contributed by atoms with van der Waals surface area (Å²) in [6.07, 6.45) is 0.263. The van der Waals surface area contributed by atoms with Gasteiger partial charge in [-0.3, -0.25) is 14.9 Å². The van der Waals surface area contributed by atoms with Gasteiger partial charge in [0.25, 0.3) is 11.9 Å². The third-order valence-electron chi connectivity index (χ3n) is 3.19. The molecule has 2 heterocycles. The van der Waals surface area contributed by atoms with E-state index < -0.39 is 6.04 Å². The zero-order valence-corrected chi connectivity index (χ0v) is 8.93. The maximum atomic E-state index is 11.7. The molecule has 1 N–H and O–H groups in total. The van der Waals surface area contributed by atoms with Crippen LogP contribution in [-0.2, 0) is 13.0 Å². The van der Waals surface area contributed by atoms with Gasteiger partial charge in [-0.1, -0.05) is 6.07 Å². The van der Waals surface area contributed by atoms with Gasteiger partial charge in [-0.2, -0.15) is 0 Å². The Bertz CT molecular complexity index is 526. The van der Waals surface area contributed by atoms with E-state index >= 15 is 0 Å². The quantitative estimate of drug-likeness (QED) is 0.567. The first-order chi connectivity index (χ1) is 8.16. The lowest BCUT2D eigenvalue weighted by atomic mass is 9.95. The van der Waals surface area contributed by atoms with Crippen molar-refractivity contribution in [3.05, 3.63) is 38.9 Å². The van der Waals surface area contributed by atoms with E-state index in [1.54, 1.807) is 6.07 Å². The number of hydrogen-bond donors (Lipinski definition) is 1. The molecule has 0 spiro atoms. The lowest BCUT2D eigenvalue weighted by Crippen LogP contribution is -2.34. The number of amides is 1. The van der Waals surface area contributed by atoms with E-state index in [2.05, 4.69) is 5.32 Å². The highest BCUT2D eigenvalue weighted by molar-refractivity contribution is 6.00. The van der Waals surface area contributed by atoms with Crippen LogP contribution in [-0.4, -0.2) is 23.5 Å². The van der Waals surface area contributed by atoms with Crippen LogP contribution in [0, 0.1) is 10.1 Å². The summed E-state index contributed by atoms with van der Waals surface area (Å²) in [6, 6.07) is 2.85. The average Bonchev–Trinajstić information content (AvgIpc) is 2.70. The second kappa shape index (κ2) is 3.44. The standard InChI is InChI=1S/C11H10N2O4/c14-11-10-6(4-12-11)1-2-9-8(10)3-7(5-17-9)13(15)16/h1-2,7H,3-5H2,(H,12,14). The number of rotatable bonds is 1. The van der Waals surface area contributed by atoms with Crippen LogP contribution < -0.4 is 10.1 Å². The molecule has 0 saturated heterocycles. The molecule has 1 amide bonds. The molecule has 6 nitrogen and oxygen atoms in total. The van der Waals surface area contributed by atoms with Gasteiger partial charge in [0, 0.05) is 23.5 Å². The summed E-state index contributed by atoms with van der Waals surface area (Å²) < 4.78 is 5.35. The maximum absolute atomic E-state index is 11.7. The van der Waals surface area contributed by atoms with Crippen molar-refractivity contribution < 1.29 is 14.5 Å². The lowest BCUT2D eigenvalue weighted by molar-refractivity contribution is -0.525. The molecule has 2 aliphatic heterocycles. The minimum absolute atomic E-state index is 0.0698. The largest absolute Gasteiger partial charge is 0.486 e. The molecule has 0 aliphatic carbocycles. The van der Waals surface area contributed by atoms with E-state index in [0.717, 1.165) is 5.56 Å². The van der Waals surface area contributed by atoms with Gasteiger partial charge in [-0.05, 0) is 11.6 Å². The number of carbonyl (C=O) groups is 1. The number of nitrogens with zero attached hydrogens (tertiary/aromatic N) is 1. The number of hydrogen-bond acceptors (Lipinski definition) is 4. The molecule has 0 radical (unpaired) electrons. The van der Waals surface area contributed by atoms with Crippen molar-refractivity contribution in [2.45, 2.75) is 19.0 Å². The Labute approximate surface area is 96.7 Å². The maximum Gasteiger partial charge on any atom is 0.252 e. The van der Waals surface area contributed by atoms with E-state index in [1.807, 2.05) is 6.07 Å². The normalized spacial score (nSPS) is 21.2. The van der Waals surface area contributed by atoms with Gasteiger partial charge in [0.1, 0.15) is 5.75 Å². The van der Waals surface area contributed by atoms with Crippen LogP contribution in [0.3, 0.4) is 0 Å². The molecule has 88 valence electrons. The second-order valence-electron chi connectivity index (χ2n) is 4.21. The Kier molecular flexibility index (Phi) is 2.04. The molecule has 1 aromatic carbocycles. The number of nitrogens with one attached hydrogen (secondary N) is 1. The predicted octanol–water partition coefficient (Wildman–Crippen LogP) is 0.510. The highest BCUT2D eigenvalue weighted by atomic mass is 16.6. The van der Waals surface area contributed by atoms with Crippen LogP contribution in [0.1, 0.15) is 21.5 Å². The number of ether oxygens (including phenoxy) is 1. The summed E-state index contributed by atoms with van der Waals surface area (Å²) in [6.45, 7) is 0.560. The molecule has 0 fully saturated rings. The summed E-state index contributed by atoms with van der Waals surface area (Å²) in [7, 11) is 0. The number of benzene rings is 1. The van der Waals surface area contributed by atoms with E-state index in [9.17, 15) is 14.9 Å². The van der Waals surface area contributed by atoms with Gasteiger partial charge in [-0.25, -0.2) is 0 Å². The SMILES string of the molecule is O=C1NCc2ccc3c(c21)CC([N+](=O)[O-])CO3. The molecule has 0 aromatic heterocycles. The van der Waals surface area contributed by atoms with Crippen molar-refractivity contribution >= 4 is 5.91 Å². The molecule has 2 aliphatic rings. The highest BCUT2D eigenvalue weighted by Gasteiger charge is 2.34. The summed E-state index contributed by atoms with van der Waals surface area (Å²) in [4.78, 5) is 22.1. The summed E-state index contributed by atoms with van der Waals surface area (Å²) in [5.41, 5.74) is 2.13. The van der Waals surface area contributed by atoms with Crippen LogP contribution in [0.25, 0.3) is 0 Å². The van der Waals surface area contributed by atoms with Crippen molar-refractivity contribution in [3.63, 3.8) is 0 Å². The van der Waals surface area contributed by atoms with Crippen LogP contribution in [0.2, 0.25) is 0 Å². The second-order valence-corrected chi connectivity index (χ2v) is 4.21. The lowest BCUT2D eigenvalue weighted by Gasteiger charge is -2.21. The Hall–Kier alpha value is -2.11. The monoisotopic (exact) mass is 234 g/mol. The molecule has 6 heteroatoms. The highest BCUT2D eigenvalue weighted by Crippen LogP contribution is 2.32. The molecular weight excluding hydrogens is 224 g/mol. The first-order valence-electron chi connectivity index (χ1n) is 5.36. The van der Waals surface area contributed by atoms with Gasteiger partial charge in [0.15, 0.2) is 6.61 Å². The van der Waals surface area contributed by atoms with Gasteiger partial charge in [0.2, 0.25) is 0 Å². The molecule has 1 unspecified atom stereocenters. The fraction of sp³-hybridized carbons (Fsp3) is 0.364. The van der Waals surface area contributed by atoms with Gasteiger partial charge < -0.3 is 10.1 Å². The molecule has 0 bridgehead atoms. The summed E-state index contributed by atoms with van der Waals surface area (Å²) in [5, 5.41) is 13.5. The summed E-state index contributed by atoms with van der Waals surface area (Å²) >= 11 is 0. The van der Waals surface area contributed by atoms with Crippen molar-refractivity contribution in [2.75, 3.05) is 6.61 Å². The topological polar surface area (TPSA) is 81.5 Å². The molecule has 0 saturated carbocycles. The minimum Gasteiger partial charge on any atom is -0.486 e. The van der Waals surface area contributed by atoms with Crippen molar-refractivity contribution in [1.29, 1.82) is 0 Å². The third-order valence-corrected chi connectivity index (χ3v) is 3.19. The molecule has 1 atom stereocenters. The number of carbonyl (C=O) groups excluding carboxylic acids is 1. The Morgan fingerprint density at radius 3 is 3.06 bits per heavy atom. The smallest absolute Gasteiger partial charge is 0.252 e.